The van der Waals surface area contributed by atoms with Crippen molar-refractivity contribution in [3.63, 3.8) is 0 Å². The van der Waals surface area contributed by atoms with Crippen molar-refractivity contribution in [3.05, 3.63) is 71.2 Å². The minimum Gasteiger partial charge on any atom is -0.497 e. The molecule has 0 aliphatic heterocycles. The van der Waals surface area contributed by atoms with Crippen molar-refractivity contribution < 1.29 is 37.0 Å². The van der Waals surface area contributed by atoms with Crippen molar-refractivity contribution in [3.8, 4) is 23.0 Å². The molecule has 232 valence electrons. The zero-order valence-corrected chi connectivity index (χ0v) is 26.5. The molecule has 0 fully saturated rings. The van der Waals surface area contributed by atoms with E-state index in [0.29, 0.717) is 17.1 Å². The van der Waals surface area contributed by atoms with Gasteiger partial charge >= 0.3 is 0 Å². The van der Waals surface area contributed by atoms with Crippen LogP contribution in [-0.2, 0) is 26.2 Å². The number of hydrogen-bond acceptors (Lipinski definition) is 8. The Labute approximate surface area is 257 Å². The summed E-state index contributed by atoms with van der Waals surface area (Å²) in [7, 11) is 2.76. The lowest BCUT2D eigenvalue weighted by atomic mass is 10.1. The molecule has 1 N–H and O–H groups in total. The van der Waals surface area contributed by atoms with Gasteiger partial charge < -0.3 is 29.2 Å². The second-order valence-corrected chi connectivity index (χ2v) is 11.6. The molecule has 0 bridgehead atoms. The maximum atomic E-state index is 14.3. The van der Waals surface area contributed by atoms with E-state index >= 15 is 0 Å². The van der Waals surface area contributed by atoms with Crippen LogP contribution in [0.4, 0.5) is 5.69 Å². The molecule has 1 atom stereocenters. The Hall–Kier alpha value is -4.16. The molecular weight excluding hydrogens is 598 g/mol. The number of sulfonamides is 1. The van der Waals surface area contributed by atoms with Gasteiger partial charge in [-0.15, -0.1) is 0 Å². The molecule has 11 nitrogen and oxygen atoms in total. The normalized spacial score (nSPS) is 11.7. The van der Waals surface area contributed by atoms with Crippen LogP contribution in [0.2, 0.25) is 5.02 Å². The molecule has 0 spiro atoms. The Morgan fingerprint density at radius 1 is 0.884 bits per heavy atom. The predicted octanol–water partition coefficient (Wildman–Crippen LogP) is 4.12. The summed E-state index contributed by atoms with van der Waals surface area (Å²) < 4.78 is 50.8. The topological polar surface area (TPSA) is 124 Å². The summed E-state index contributed by atoms with van der Waals surface area (Å²) in [5, 5.41) is 2.82. The van der Waals surface area contributed by atoms with Gasteiger partial charge in [-0.1, -0.05) is 30.7 Å². The SMILES string of the molecule is CC[C@@H](C(=O)NC)N(Cc1cccc(OC)c1)C(=O)CN(c1cc(Cl)ccc1OC)S(=O)(=O)c1ccc(OC)c(OC)c1. The molecule has 43 heavy (non-hydrogen) atoms. The van der Waals surface area contributed by atoms with Crippen LogP contribution in [-0.4, -0.2) is 73.2 Å². The molecule has 0 saturated carbocycles. The van der Waals surface area contributed by atoms with Gasteiger partial charge in [-0.25, -0.2) is 8.42 Å². The largest absolute Gasteiger partial charge is 0.497 e. The van der Waals surface area contributed by atoms with Crippen LogP contribution in [0.1, 0.15) is 18.9 Å². The van der Waals surface area contributed by atoms with E-state index in [0.717, 1.165) is 4.31 Å². The van der Waals surface area contributed by atoms with E-state index in [-0.39, 0.29) is 40.1 Å². The maximum Gasteiger partial charge on any atom is 0.265 e. The van der Waals surface area contributed by atoms with Crippen LogP contribution in [0.3, 0.4) is 0 Å². The summed E-state index contributed by atoms with van der Waals surface area (Å²) >= 11 is 6.30. The second kappa shape index (κ2) is 14.8. The average Bonchev–Trinajstić information content (AvgIpc) is 3.02. The fourth-order valence-electron chi connectivity index (χ4n) is 4.53. The van der Waals surface area contributed by atoms with Crippen LogP contribution in [0.15, 0.2) is 65.6 Å². The highest BCUT2D eigenvalue weighted by atomic mass is 35.5. The van der Waals surface area contributed by atoms with Crippen LogP contribution >= 0.6 is 11.6 Å². The lowest BCUT2D eigenvalue weighted by molar-refractivity contribution is -0.140. The minimum absolute atomic E-state index is 0.0128. The number of anilines is 1. The molecule has 0 radical (unpaired) electrons. The monoisotopic (exact) mass is 633 g/mol. The number of hydrogen-bond donors (Lipinski definition) is 1. The first-order chi connectivity index (χ1) is 20.5. The Morgan fingerprint density at radius 3 is 2.16 bits per heavy atom. The number of nitrogens with zero attached hydrogens (tertiary/aromatic N) is 2. The Bertz CT molecular complexity index is 1550. The lowest BCUT2D eigenvalue weighted by Crippen LogP contribution is -2.51. The van der Waals surface area contributed by atoms with Crippen molar-refractivity contribution in [1.82, 2.24) is 10.2 Å². The second-order valence-electron chi connectivity index (χ2n) is 9.26. The van der Waals surface area contributed by atoms with Crippen LogP contribution < -0.4 is 28.6 Å². The van der Waals surface area contributed by atoms with Gasteiger partial charge in [-0.05, 0) is 54.4 Å². The first kappa shape index (κ1) is 33.3. The zero-order valence-electron chi connectivity index (χ0n) is 24.9. The number of carbonyl (C=O) groups is 2. The quantitative estimate of drug-likeness (QED) is 0.281. The number of likely N-dealkylation sites (N-methyl/N-ethyl adjacent to an activating group) is 1. The van der Waals surface area contributed by atoms with Crippen LogP contribution in [0.25, 0.3) is 0 Å². The zero-order chi connectivity index (χ0) is 31.7. The molecule has 0 aliphatic carbocycles. The van der Waals surface area contributed by atoms with E-state index in [4.69, 9.17) is 30.5 Å². The smallest absolute Gasteiger partial charge is 0.265 e. The first-order valence-corrected chi connectivity index (χ1v) is 15.1. The van der Waals surface area contributed by atoms with Crippen molar-refractivity contribution in [2.24, 2.45) is 0 Å². The van der Waals surface area contributed by atoms with Gasteiger partial charge in [0.25, 0.3) is 10.0 Å². The van der Waals surface area contributed by atoms with Gasteiger partial charge in [-0.3, -0.25) is 13.9 Å². The number of nitrogens with one attached hydrogen (secondary N) is 1. The van der Waals surface area contributed by atoms with Crippen LogP contribution in [0.5, 0.6) is 23.0 Å². The third kappa shape index (κ3) is 7.63. The minimum atomic E-state index is -4.44. The van der Waals surface area contributed by atoms with Gasteiger partial charge in [0.1, 0.15) is 24.1 Å². The Morgan fingerprint density at radius 2 is 1.56 bits per heavy atom. The van der Waals surface area contributed by atoms with E-state index in [2.05, 4.69) is 5.32 Å². The summed E-state index contributed by atoms with van der Waals surface area (Å²) in [5.74, 6) is 0.208. The summed E-state index contributed by atoms with van der Waals surface area (Å²) in [6.07, 6.45) is 0.276. The van der Waals surface area contributed by atoms with Crippen molar-refractivity contribution in [1.29, 1.82) is 0 Å². The van der Waals surface area contributed by atoms with Gasteiger partial charge in [0.05, 0.1) is 39.0 Å². The predicted molar refractivity (Wildman–Crippen MR) is 164 cm³/mol. The molecule has 0 saturated heterocycles. The van der Waals surface area contributed by atoms with E-state index in [1.165, 1.54) is 70.7 Å². The summed E-state index contributed by atoms with van der Waals surface area (Å²) in [4.78, 5) is 28.3. The number of amides is 2. The van der Waals surface area contributed by atoms with Crippen molar-refractivity contribution in [2.45, 2.75) is 30.8 Å². The molecule has 3 rings (SSSR count). The number of carbonyl (C=O) groups excluding carboxylic acids is 2. The molecule has 0 unspecified atom stereocenters. The number of benzene rings is 3. The molecule has 0 heterocycles. The molecule has 3 aromatic carbocycles. The Kier molecular flexibility index (Phi) is 11.5. The number of ether oxygens (including phenoxy) is 4. The highest BCUT2D eigenvalue weighted by Crippen LogP contribution is 2.37. The number of methoxy groups -OCH3 is 4. The summed E-state index contributed by atoms with van der Waals surface area (Å²) in [5.41, 5.74) is 0.720. The summed E-state index contributed by atoms with van der Waals surface area (Å²) in [6.45, 7) is 1.10. The van der Waals surface area contributed by atoms with Gasteiger partial charge in [0.2, 0.25) is 11.8 Å². The third-order valence-electron chi connectivity index (χ3n) is 6.75. The summed E-state index contributed by atoms with van der Waals surface area (Å²) in [6, 6.07) is 14.7. The molecule has 0 aliphatic rings. The fraction of sp³-hybridized carbons (Fsp3) is 0.333. The van der Waals surface area contributed by atoms with Crippen molar-refractivity contribution in [2.75, 3.05) is 46.3 Å². The van der Waals surface area contributed by atoms with Crippen LogP contribution in [0, 0.1) is 0 Å². The first-order valence-electron chi connectivity index (χ1n) is 13.3. The van der Waals surface area contributed by atoms with E-state index in [9.17, 15) is 18.0 Å². The highest BCUT2D eigenvalue weighted by Gasteiger charge is 2.35. The average molecular weight is 634 g/mol. The molecule has 13 heteroatoms. The highest BCUT2D eigenvalue weighted by molar-refractivity contribution is 7.92. The van der Waals surface area contributed by atoms with E-state index in [1.54, 1.807) is 37.3 Å². The van der Waals surface area contributed by atoms with E-state index < -0.39 is 34.4 Å². The number of rotatable bonds is 14. The molecule has 2 amide bonds. The van der Waals surface area contributed by atoms with Gasteiger partial charge in [0, 0.05) is 24.7 Å². The van der Waals surface area contributed by atoms with E-state index in [1.807, 2.05) is 0 Å². The maximum absolute atomic E-state index is 14.3. The fourth-order valence-corrected chi connectivity index (χ4v) is 6.13. The Balaban J connectivity index is 2.18. The van der Waals surface area contributed by atoms with Gasteiger partial charge in [-0.2, -0.15) is 0 Å². The van der Waals surface area contributed by atoms with Gasteiger partial charge in [0.15, 0.2) is 11.5 Å². The molecular formula is C30H36ClN3O8S. The lowest BCUT2D eigenvalue weighted by Gasteiger charge is -2.33. The third-order valence-corrected chi connectivity index (χ3v) is 8.74. The van der Waals surface area contributed by atoms with Crippen molar-refractivity contribution >= 4 is 39.1 Å². The molecule has 0 aromatic heterocycles. The standard InChI is InChI=1S/C30H36ClN3O8S/c1-7-24(30(36)32-2)33(18-20-9-8-10-22(15-20)39-3)29(35)19-34(25-16-21(31)11-13-26(25)40-4)43(37,38)23-12-14-27(41-5)28(17-23)42-6/h8-17,24H,7,18-19H2,1-6H3,(H,32,36)/t24-/m0/s1. The molecule has 3 aromatic rings. The number of halogens is 1.